The van der Waals surface area contributed by atoms with E-state index in [1.807, 2.05) is 31.3 Å². The number of aliphatic hydroxyl groups excluding tert-OH is 1. The largest absolute Gasteiger partial charge is 0.390 e. The molecule has 5 nitrogen and oxygen atoms in total. The lowest BCUT2D eigenvalue weighted by Gasteiger charge is -2.06. The zero-order valence-corrected chi connectivity index (χ0v) is 13.2. The van der Waals surface area contributed by atoms with Crippen LogP contribution in [0.1, 0.15) is 5.69 Å². The number of amides is 1. The normalized spacial score (nSPS) is 10.6. The monoisotopic (exact) mass is 355 g/mol. The Kier molecular flexibility index (Phi) is 5.22. The second-order valence-corrected chi connectivity index (χ2v) is 5.95. The van der Waals surface area contributed by atoms with Crippen LogP contribution in [-0.2, 0) is 18.4 Å². The molecule has 2 aromatic rings. The summed E-state index contributed by atoms with van der Waals surface area (Å²) in [5.74, 6) is 0.178. The molecular formula is C13H14BrN3O2S. The molecule has 1 aromatic heterocycles. The van der Waals surface area contributed by atoms with Crippen molar-refractivity contribution in [1.29, 1.82) is 0 Å². The highest BCUT2D eigenvalue weighted by Gasteiger charge is 2.09. The third-order valence-corrected chi connectivity index (χ3v) is 4.24. The summed E-state index contributed by atoms with van der Waals surface area (Å²) in [6.45, 7) is -0.0604. The molecule has 0 saturated carbocycles. The average molecular weight is 356 g/mol. The molecule has 2 rings (SSSR count). The van der Waals surface area contributed by atoms with Crippen LogP contribution < -0.4 is 5.32 Å². The van der Waals surface area contributed by atoms with Crippen molar-refractivity contribution < 1.29 is 9.90 Å². The van der Waals surface area contributed by atoms with Gasteiger partial charge < -0.3 is 15.0 Å². The number of benzene rings is 1. The Morgan fingerprint density at radius 1 is 1.45 bits per heavy atom. The van der Waals surface area contributed by atoms with Gasteiger partial charge in [0.15, 0.2) is 5.16 Å². The van der Waals surface area contributed by atoms with Gasteiger partial charge in [-0.2, -0.15) is 0 Å². The number of imidazole rings is 1. The Labute approximate surface area is 129 Å². The lowest BCUT2D eigenvalue weighted by molar-refractivity contribution is -0.113. The van der Waals surface area contributed by atoms with Crippen LogP contribution in [0, 0.1) is 0 Å². The Balaban J connectivity index is 1.88. The molecule has 2 N–H and O–H groups in total. The van der Waals surface area contributed by atoms with Crippen LogP contribution in [-0.4, -0.2) is 26.3 Å². The molecule has 0 aliphatic carbocycles. The first-order valence-corrected chi connectivity index (χ1v) is 7.67. The molecule has 7 heteroatoms. The highest BCUT2D eigenvalue weighted by atomic mass is 79.9. The van der Waals surface area contributed by atoms with Gasteiger partial charge in [0, 0.05) is 17.2 Å². The van der Waals surface area contributed by atoms with Crippen LogP contribution in [0.5, 0.6) is 0 Å². The number of hydrogen-bond acceptors (Lipinski definition) is 4. The first-order chi connectivity index (χ1) is 9.60. The Bertz CT molecular complexity index is 598. The molecule has 0 saturated heterocycles. The van der Waals surface area contributed by atoms with E-state index in [1.54, 1.807) is 10.8 Å². The third kappa shape index (κ3) is 3.84. The van der Waals surface area contributed by atoms with E-state index in [2.05, 4.69) is 26.2 Å². The fourth-order valence-corrected chi connectivity index (χ4v) is 2.60. The topological polar surface area (TPSA) is 67.1 Å². The van der Waals surface area contributed by atoms with Crippen molar-refractivity contribution in [3.63, 3.8) is 0 Å². The second-order valence-electron chi connectivity index (χ2n) is 4.09. The molecule has 0 atom stereocenters. The number of aliphatic hydroxyl groups is 1. The number of rotatable bonds is 5. The number of aromatic nitrogens is 2. The fourth-order valence-electron chi connectivity index (χ4n) is 1.57. The molecular weight excluding hydrogens is 342 g/mol. The van der Waals surface area contributed by atoms with Crippen molar-refractivity contribution in [2.75, 3.05) is 11.1 Å². The molecule has 0 bridgehead atoms. The number of carbonyl (C=O) groups is 1. The molecule has 0 spiro atoms. The summed E-state index contributed by atoms with van der Waals surface area (Å²) in [6.07, 6.45) is 1.61. The molecule has 0 fully saturated rings. The molecule has 1 amide bonds. The van der Waals surface area contributed by atoms with E-state index in [4.69, 9.17) is 5.11 Å². The average Bonchev–Trinajstić information content (AvgIpc) is 2.79. The van der Waals surface area contributed by atoms with Crippen molar-refractivity contribution in [1.82, 2.24) is 9.55 Å². The van der Waals surface area contributed by atoms with Crippen molar-refractivity contribution in [2.45, 2.75) is 11.8 Å². The predicted molar refractivity (Wildman–Crippen MR) is 82.6 cm³/mol. The van der Waals surface area contributed by atoms with Gasteiger partial charge in [-0.3, -0.25) is 4.79 Å². The van der Waals surface area contributed by atoms with Gasteiger partial charge in [-0.1, -0.05) is 27.7 Å². The number of nitrogens with one attached hydrogen (secondary N) is 1. The Morgan fingerprint density at radius 3 is 2.75 bits per heavy atom. The van der Waals surface area contributed by atoms with E-state index in [9.17, 15) is 4.79 Å². The third-order valence-electron chi connectivity index (χ3n) is 2.66. The first kappa shape index (κ1) is 15.1. The SMILES string of the molecule is Cn1c(CO)cnc1SCC(=O)Nc1ccc(Br)cc1. The van der Waals surface area contributed by atoms with E-state index >= 15 is 0 Å². The van der Waals surface area contributed by atoms with Gasteiger partial charge in [0.2, 0.25) is 5.91 Å². The number of carbonyl (C=O) groups excluding carboxylic acids is 1. The standard InChI is InChI=1S/C13H14BrN3O2S/c1-17-11(7-18)6-15-13(17)20-8-12(19)16-10-4-2-9(14)3-5-10/h2-6,18H,7-8H2,1H3,(H,16,19). The highest BCUT2D eigenvalue weighted by molar-refractivity contribution is 9.10. The van der Waals surface area contributed by atoms with Crippen LogP contribution in [0.25, 0.3) is 0 Å². The molecule has 0 aliphatic rings. The summed E-state index contributed by atoms with van der Waals surface area (Å²) in [5.41, 5.74) is 1.48. The van der Waals surface area contributed by atoms with E-state index < -0.39 is 0 Å². The fraction of sp³-hybridized carbons (Fsp3) is 0.231. The van der Waals surface area contributed by atoms with Crippen LogP contribution in [0.4, 0.5) is 5.69 Å². The van der Waals surface area contributed by atoms with Crippen LogP contribution in [0.3, 0.4) is 0 Å². The summed E-state index contributed by atoms with van der Waals surface area (Å²) in [5, 5.41) is 12.6. The molecule has 20 heavy (non-hydrogen) atoms. The van der Waals surface area contributed by atoms with Crippen molar-refractivity contribution >= 4 is 39.3 Å². The number of hydrogen-bond donors (Lipinski definition) is 2. The summed E-state index contributed by atoms with van der Waals surface area (Å²) >= 11 is 4.67. The molecule has 0 unspecified atom stereocenters. The van der Waals surface area contributed by atoms with Gasteiger partial charge >= 0.3 is 0 Å². The first-order valence-electron chi connectivity index (χ1n) is 5.90. The predicted octanol–water partition coefficient (Wildman–Crippen LogP) is 2.41. The summed E-state index contributed by atoms with van der Waals surface area (Å²) < 4.78 is 2.74. The summed E-state index contributed by atoms with van der Waals surface area (Å²) in [4.78, 5) is 16.0. The Hall–Kier alpha value is -1.31. The van der Waals surface area contributed by atoms with Gasteiger partial charge in [0.05, 0.1) is 24.3 Å². The van der Waals surface area contributed by atoms with Crippen molar-refractivity contribution in [3.05, 3.63) is 40.6 Å². The molecule has 0 radical (unpaired) electrons. The van der Waals surface area contributed by atoms with Crippen molar-refractivity contribution in [2.24, 2.45) is 7.05 Å². The van der Waals surface area contributed by atoms with Gasteiger partial charge in [-0.25, -0.2) is 4.98 Å². The maximum absolute atomic E-state index is 11.8. The van der Waals surface area contributed by atoms with Gasteiger partial charge in [0.1, 0.15) is 0 Å². The molecule has 1 heterocycles. The van der Waals surface area contributed by atoms with E-state index in [-0.39, 0.29) is 18.3 Å². The Morgan fingerprint density at radius 2 is 2.15 bits per heavy atom. The minimum absolute atomic E-state index is 0.0604. The summed E-state index contributed by atoms with van der Waals surface area (Å²) in [6, 6.07) is 7.40. The minimum atomic E-state index is -0.0918. The number of thioether (sulfide) groups is 1. The quantitative estimate of drug-likeness (QED) is 0.808. The lowest BCUT2D eigenvalue weighted by atomic mass is 10.3. The molecule has 106 valence electrons. The van der Waals surface area contributed by atoms with Crippen LogP contribution in [0.15, 0.2) is 40.1 Å². The second kappa shape index (κ2) is 6.92. The van der Waals surface area contributed by atoms with Crippen LogP contribution >= 0.6 is 27.7 Å². The van der Waals surface area contributed by atoms with Gasteiger partial charge in [-0.15, -0.1) is 0 Å². The lowest BCUT2D eigenvalue weighted by Crippen LogP contribution is -2.14. The van der Waals surface area contributed by atoms with E-state index in [0.717, 1.165) is 15.9 Å². The van der Waals surface area contributed by atoms with Crippen LogP contribution in [0.2, 0.25) is 0 Å². The minimum Gasteiger partial charge on any atom is -0.390 e. The van der Waals surface area contributed by atoms with E-state index in [1.165, 1.54) is 11.8 Å². The van der Waals surface area contributed by atoms with E-state index in [0.29, 0.717) is 5.16 Å². The number of nitrogens with zero attached hydrogens (tertiary/aromatic N) is 2. The number of halogens is 1. The maximum atomic E-state index is 11.8. The smallest absolute Gasteiger partial charge is 0.234 e. The zero-order valence-electron chi connectivity index (χ0n) is 10.8. The van der Waals surface area contributed by atoms with Gasteiger partial charge in [0.25, 0.3) is 0 Å². The van der Waals surface area contributed by atoms with Gasteiger partial charge in [-0.05, 0) is 24.3 Å². The van der Waals surface area contributed by atoms with Crippen molar-refractivity contribution in [3.8, 4) is 0 Å². The summed E-state index contributed by atoms with van der Waals surface area (Å²) in [7, 11) is 1.81. The maximum Gasteiger partial charge on any atom is 0.234 e. The number of anilines is 1. The zero-order chi connectivity index (χ0) is 14.5. The molecule has 1 aromatic carbocycles. The highest BCUT2D eigenvalue weighted by Crippen LogP contribution is 2.18. The molecule has 0 aliphatic heterocycles.